The lowest BCUT2D eigenvalue weighted by molar-refractivity contribution is 0.0162. The molecule has 1 aliphatic heterocycles. The van der Waals surface area contributed by atoms with Crippen molar-refractivity contribution in [1.82, 2.24) is 10.2 Å². The van der Waals surface area contributed by atoms with Crippen molar-refractivity contribution in [3.05, 3.63) is 70.2 Å². The number of hydrogen-bond donors (Lipinski definition) is 1. The molecular formula is C21H25ClN2O4S. The number of nitrogens with one attached hydrogen (secondary N) is 1. The Balaban J connectivity index is 1.68. The summed E-state index contributed by atoms with van der Waals surface area (Å²) in [5.74, 6) is -0.229. The zero-order valence-electron chi connectivity index (χ0n) is 16.3. The second-order valence-electron chi connectivity index (χ2n) is 7.19. The molecule has 3 rings (SSSR count). The van der Waals surface area contributed by atoms with Gasteiger partial charge in [-0.1, -0.05) is 35.9 Å². The van der Waals surface area contributed by atoms with E-state index in [1.807, 2.05) is 24.3 Å². The second-order valence-corrected chi connectivity index (χ2v) is 9.77. The van der Waals surface area contributed by atoms with Crippen LogP contribution in [-0.2, 0) is 20.3 Å². The Labute approximate surface area is 176 Å². The summed E-state index contributed by atoms with van der Waals surface area (Å²) in [7, 11) is -3.10. The zero-order chi connectivity index (χ0) is 20.9. The van der Waals surface area contributed by atoms with Crippen LogP contribution in [-0.4, -0.2) is 58.3 Å². The Morgan fingerprint density at radius 1 is 1.10 bits per heavy atom. The molecule has 1 amide bonds. The van der Waals surface area contributed by atoms with E-state index in [1.54, 1.807) is 24.3 Å². The maximum atomic E-state index is 12.6. The quantitative estimate of drug-likeness (QED) is 0.722. The molecule has 1 saturated heterocycles. The van der Waals surface area contributed by atoms with Gasteiger partial charge in [0.05, 0.1) is 25.0 Å². The number of benzene rings is 2. The van der Waals surface area contributed by atoms with Crippen LogP contribution < -0.4 is 5.32 Å². The maximum Gasteiger partial charge on any atom is 0.251 e. The molecule has 1 fully saturated rings. The van der Waals surface area contributed by atoms with Crippen LogP contribution in [0.4, 0.5) is 0 Å². The Hall–Kier alpha value is -1.93. The van der Waals surface area contributed by atoms with E-state index in [0.717, 1.165) is 18.7 Å². The first-order valence-electron chi connectivity index (χ1n) is 9.44. The van der Waals surface area contributed by atoms with Gasteiger partial charge in [0.2, 0.25) is 0 Å². The molecule has 1 atom stereocenters. The zero-order valence-corrected chi connectivity index (χ0v) is 17.9. The first-order chi connectivity index (χ1) is 13.8. The van der Waals surface area contributed by atoms with Crippen LogP contribution in [0, 0.1) is 0 Å². The van der Waals surface area contributed by atoms with Gasteiger partial charge in [-0.25, -0.2) is 8.42 Å². The van der Waals surface area contributed by atoms with E-state index < -0.39 is 9.84 Å². The normalized spacial score (nSPS) is 16.3. The molecule has 1 N–H and O–H groups in total. The number of hydrogen-bond acceptors (Lipinski definition) is 5. The average Bonchev–Trinajstić information content (AvgIpc) is 2.69. The molecule has 2 aromatic rings. The Bertz CT molecular complexity index is 924. The number of ether oxygens (including phenoxy) is 1. The van der Waals surface area contributed by atoms with Crippen LogP contribution in [0.1, 0.15) is 27.5 Å². The molecule has 156 valence electrons. The molecule has 1 aliphatic rings. The van der Waals surface area contributed by atoms with E-state index in [1.165, 1.54) is 6.26 Å². The Morgan fingerprint density at radius 2 is 1.72 bits per heavy atom. The number of nitrogens with zero attached hydrogens (tertiary/aromatic N) is 1. The van der Waals surface area contributed by atoms with Crippen molar-refractivity contribution in [2.24, 2.45) is 0 Å². The van der Waals surface area contributed by atoms with Gasteiger partial charge in [0, 0.05) is 36.5 Å². The van der Waals surface area contributed by atoms with Crippen LogP contribution >= 0.6 is 11.6 Å². The highest BCUT2D eigenvalue weighted by molar-refractivity contribution is 7.89. The summed E-state index contributed by atoms with van der Waals surface area (Å²) in [6.45, 7) is 3.37. The Kier molecular flexibility index (Phi) is 7.29. The fourth-order valence-electron chi connectivity index (χ4n) is 3.38. The van der Waals surface area contributed by atoms with Crippen molar-refractivity contribution in [2.75, 3.05) is 39.1 Å². The number of carbonyl (C=O) groups is 1. The first kappa shape index (κ1) is 21.8. The third-order valence-corrected chi connectivity index (χ3v) is 5.95. The van der Waals surface area contributed by atoms with Crippen LogP contribution in [0.3, 0.4) is 0 Å². The number of amides is 1. The molecule has 0 saturated carbocycles. The van der Waals surface area contributed by atoms with E-state index in [0.29, 0.717) is 35.9 Å². The van der Waals surface area contributed by atoms with Crippen molar-refractivity contribution in [3.8, 4) is 0 Å². The molecule has 6 nitrogen and oxygen atoms in total. The number of morpholine rings is 1. The van der Waals surface area contributed by atoms with E-state index in [2.05, 4.69) is 10.2 Å². The first-order valence-corrected chi connectivity index (χ1v) is 11.9. The van der Waals surface area contributed by atoms with E-state index in [4.69, 9.17) is 16.3 Å². The summed E-state index contributed by atoms with van der Waals surface area (Å²) < 4.78 is 28.3. The van der Waals surface area contributed by atoms with Crippen molar-refractivity contribution < 1.29 is 17.9 Å². The molecule has 29 heavy (non-hydrogen) atoms. The molecule has 0 aromatic heterocycles. The van der Waals surface area contributed by atoms with Gasteiger partial charge in [-0.3, -0.25) is 9.69 Å². The average molecular weight is 437 g/mol. The van der Waals surface area contributed by atoms with Gasteiger partial charge in [-0.15, -0.1) is 0 Å². The molecular weight excluding hydrogens is 412 g/mol. The van der Waals surface area contributed by atoms with E-state index >= 15 is 0 Å². The minimum Gasteiger partial charge on any atom is -0.379 e. The van der Waals surface area contributed by atoms with Crippen LogP contribution in [0.15, 0.2) is 48.5 Å². The lowest BCUT2D eigenvalue weighted by Crippen LogP contribution is -2.43. The summed E-state index contributed by atoms with van der Waals surface area (Å²) in [4.78, 5) is 14.9. The number of carbonyl (C=O) groups excluding carboxylic acids is 1. The third kappa shape index (κ3) is 6.54. The highest BCUT2D eigenvalue weighted by Crippen LogP contribution is 2.23. The third-order valence-electron chi connectivity index (χ3n) is 4.84. The van der Waals surface area contributed by atoms with Crippen molar-refractivity contribution in [1.29, 1.82) is 0 Å². The van der Waals surface area contributed by atoms with E-state index in [9.17, 15) is 13.2 Å². The standard InChI is InChI=1S/C21H25ClN2O4S/c1-29(26,27)15-16-2-4-18(5-3-16)21(25)23-14-20(24-10-12-28-13-11-24)17-6-8-19(22)9-7-17/h2-9,20H,10-15H2,1H3,(H,23,25). The van der Waals surface area contributed by atoms with Crippen LogP contribution in [0.5, 0.6) is 0 Å². The smallest absolute Gasteiger partial charge is 0.251 e. The predicted octanol–water partition coefficient (Wildman–Crippen LogP) is 2.69. The van der Waals surface area contributed by atoms with Crippen LogP contribution in [0.25, 0.3) is 0 Å². The minimum absolute atomic E-state index is 0.0182. The van der Waals surface area contributed by atoms with Gasteiger partial charge in [0.1, 0.15) is 0 Å². The predicted molar refractivity (Wildman–Crippen MR) is 114 cm³/mol. The van der Waals surface area contributed by atoms with Crippen molar-refractivity contribution >= 4 is 27.3 Å². The number of halogens is 1. The molecule has 2 aromatic carbocycles. The summed E-state index contributed by atoms with van der Waals surface area (Å²) in [6.07, 6.45) is 1.19. The molecule has 8 heteroatoms. The van der Waals surface area contributed by atoms with Crippen molar-refractivity contribution in [3.63, 3.8) is 0 Å². The molecule has 1 heterocycles. The maximum absolute atomic E-state index is 12.6. The SMILES string of the molecule is CS(=O)(=O)Cc1ccc(C(=O)NCC(c2ccc(Cl)cc2)N2CCOCC2)cc1. The number of rotatable bonds is 7. The van der Waals surface area contributed by atoms with Crippen LogP contribution in [0.2, 0.25) is 5.02 Å². The highest BCUT2D eigenvalue weighted by Gasteiger charge is 2.23. The molecule has 0 spiro atoms. The molecule has 1 unspecified atom stereocenters. The largest absolute Gasteiger partial charge is 0.379 e. The van der Waals surface area contributed by atoms with Gasteiger partial charge in [0.25, 0.3) is 5.91 Å². The topological polar surface area (TPSA) is 75.7 Å². The summed E-state index contributed by atoms with van der Waals surface area (Å²) >= 11 is 6.02. The van der Waals surface area contributed by atoms with Gasteiger partial charge >= 0.3 is 0 Å². The summed E-state index contributed by atoms with van der Waals surface area (Å²) in [6, 6.07) is 14.3. The molecule has 0 bridgehead atoms. The van der Waals surface area contributed by atoms with Gasteiger partial charge in [-0.2, -0.15) is 0 Å². The second kappa shape index (κ2) is 9.71. The van der Waals surface area contributed by atoms with Crippen molar-refractivity contribution in [2.45, 2.75) is 11.8 Å². The molecule has 0 radical (unpaired) electrons. The monoisotopic (exact) mass is 436 g/mol. The summed E-state index contributed by atoms with van der Waals surface area (Å²) in [5, 5.41) is 3.68. The lowest BCUT2D eigenvalue weighted by atomic mass is 10.0. The minimum atomic E-state index is -3.10. The van der Waals surface area contributed by atoms with Gasteiger partial charge in [-0.05, 0) is 35.4 Å². The highest BCUT2D eigenvalue weighted by atomic mass is 35.5. The Morgan fingerprint density at radius 3 is 2.31 bits per heavy atom. The fraction of sp³-hybridized carbons (Fsp3) is 0.381. The fourth-order valence-corrected chi connectivity index (χ4v) is 4.30. The molecule has 0 aliphatic carbocycles. The number of sulfone groups is 1. The summed E-state index contributed by atoms with van der Waals surface area (Å²) in [5.41, 5.74) is 2.25. The van der Waals surface area contributed by atoms with Gasteiger partial charge in [0.15, 0.2) is 9.84 Å². The lowest BCUT2D eigenvalue weighted by Gasteiger charge is -2.35. The van der Waals surface area contributed by atoms with Gasteiger partial charge < -0.3 is 10.1 Å². The van der Waals surface area contributed by atoms with E-state index in [-0.39, 0.29) is 17.7 Å².